The maximum Gasteiger partial charge on any atom is 0.229 e. The molecular weight excluding hydrogens is 365 g/mol. The fourth-order valence-electron chi connectivity index (χ4n) is 4.29. The van der Waals surface area contributed by atoms with Gasteiger partial charge >= 0.3 is 0 Å². The van der Waals surface area contributed by atoms with Gasteiger partial charge in [0.2, 0.25) is 5.95 Å². The SMILES string of the molecule is CCc1c(Nc2nnc3n2C(c2ccc(F)cc2)CCC3)ccc2cccnc12. The summed E-state index contributed by atoms with van der Waals surface area (Å²) in [5, 5.41) is 13.5. The summed E-state index contributed by atoms with van der Waals surface area (Å²) in [6.45, 7) is 2.13. The maximum absolute atomic E-state index is 13.4. The van der Waals surface area contributed by atoms with Crippen LogP contribution in [0.25, 0.3) is 10.9 Å². The molecule has 0 bridgehead atoms. The minimum absolute atomic E-state index is 0.0977. The van der Waals surface area contributed by atoms with Gasteiger partial charge in [-0.3, -0.25) is 9.55 Å². The number of aryl methyl sites for hydroxylation is 2. The zero-order chi connectivity index (χ0) is 19.8. The summed E-state index contributed by atoms with van der Waals surface area (Å²) in [5.41, 5.74) is 4.24. The van der Waals surface area contributed by atoms with Gasteiger partial charge in [0.25, 0.3) is 0 Å². The van der Waals surface area contributed by atoms with Crippen LogP contribution in [0.4, 0.5) is 16.0 Å². The first-order chi connectivity index (χ1) is 14.2. The van der Waals surface area contributed by atoms with E-state index in [2.05, 4.69) is 50.2 Å². The van der Waals surface area contributed by atoms with Gasteiger partial charge < -0.3 is 5.32 Å². The van der Waals surface area contributed by atoms with Crippen LogP contribution in [0.5, 0.6) is 0 Å². The van der Waals surface area contributed by atoms with Crippen LogP contribution in [-0.2, 0) is 12.8 Å². The van der Waals surface area contributed by atoms with E-state index in [0.717, 1.165) is 65.2 Å². The highest BCUT2D eigenvalue weighted by atomic mass is 19.1. The number of nitrogens with one attached hydrogen (secondary N) is 1. The van der Waals surface area contributed by atoms with E-state index < -0.39 is 0 Å². The van der Waals surface area contributed by atoms with Crippen molar-refractivity contribution in [2.24, 2.45) is 0 Å². The molecule has 1 unspecified atom stereocenters. The number of benzene rings is 2. The number of pyridine rings is 1. The monoisotopic (exact) mass is 387 g/mol. The Hall–Kier alpha value is -3.28. The smallest absolute Gasteiger partial charge is 0.229 e. The van der Waals surface area contributed by atoms with E-state index in [1.165, 1.54) is 12.1 Å². The van der Waals surface area contributed by atoms with E-state index in [4.69, 9.17) is 0 Å². The Labute approximate surface area is 168 Å². The van der Waals surface area contributed by atoms with Crippen molar-refractivity contribution in [1.82, 2.24) is 19.7 Å². The molecule has 0 spiro atoms. The molecule has 1 aliphatic rings. The fourth-order valence-corrected chi connectivity index (χ4v) is 4.29. The molecule has 1 aliphatic heterocycles. The van der Waals surface area contributed by atoms with Crippen LogP contribution in [0.2, 0.25) is 0 Å². The highest BCUT2D eigenvalue weighted by Crippen LogP contribution is 2.35. The van der Waals surface area contributed by atoms with Gasteiger partial charge in [0, 0.05) is 29.3 Å². The molecule has 146 valence electrons. The molecule has 0 saturated carbocycles. The van der Waals surface area contributed by atoms with E-state index in [0.29, 0.717) is 0 Å². The van der Waals surface area contributed by atoms with Crippen LogP contribution in [-0.4, -0.2) is 19.7 Å². The topological polar surface area (TPSA) is 55.6 Å². The zero-order valence-corrected chi connectivity index (χ0v) is 16.3. The summed E-state index contributed by atoms with van der Waals surface area (Å²) in [6, 6.07) is 15.0. The summed E-state index contributed by atoms with van der Waals surface area (Å²) in [5.74, 6) is 1.46. The van der Waals surface area contributed by atoms with Crippen molar-refractivity contribution >= 4 is 22.5 Å². The van der Waals surface area contributed by atoms with Gasteiger partial charge in [-0.2, -0.15) is 0 Å². The molecule has 5 nitrogen and oxygen atoms in total. The highest BCUT2D eigenvalue weighted by Gasteiger charge is 2.26. The Morgan fingerprint density at radius 3 is 2.79 bits per heavy atom. The second-order valence-corrected chi connectivity index (χ2v) is 7.41. The van der Waals surface area contributed by atoms with Gasteiger partial charge in [0.05, 0.1) is 11.6 Å². The van der Waals surface area contributed by atoms with Gasteiger partial charge in [0.15, 0.2) is 0 Å². The summed E-state index contributed by atoms with van der Waals surface area (Å²) >= 11 is 0. The molecule has 0 radical (unpaired) electrons. The molecule has 0 saturated heterocycles. The molecule has 2 aromatic carbocycles. The lowest BCUT2D eigenvalue weighted by Crippen LogP contribution is -2.20. The number of fused-ring (bicyclic) bond motifs is 2. The molecule has 2 aromatic heterocycles. The Morgan fingerprint density at radius 1 is 1.10 bits per heavy atom. The van der Waals surface area contributed by atoms with E-state index >= 15 is 0 Å². The van der Waals surface area contributed by atoms with E-state index in [1.54, 1.807) is 0 Å². The fraction of sp³-hybridized carbons (Fsp3) is 0.261. The molecule has 1 atom stereocenters. The third-order valence-electron chi connectivity index (χ3n) is 5.69. The molecule has 6 heteroatoms. The third-order valence-corrected chi connectivity index (χ3v) is 5.69. The number of halogens is 1. The maximum atomic E-state index is 13.4. The van der Waals surface area contributed by atoms with Crippen LogP contribution >= 0.6 is 0 Å². The van der Waals surface area contributed by atoms with Crippen LogP contribution in [0.3, 0.4) is 0 Å². The Morgan fingerprint density at radius 2 is 1.97 bits per heavy atom. The molecule has 4 aromatic rings. The van der Waals surface area contributed by atoms with Gasteiger partial charge in [-0.15, -0.1) is 10.2 Å². The quantitative estimate of drug-likeness (QED) is 0.523. The first-order valence-electron chi connectivity index (χ1n) is 10.1. The highest BCUT2D eigenvalue weighted by molar-refractivity contribution is 5.87. The van der Waals surface area contributed by atoms with Crippen molar-refractivity contribution in [3.63, 3.8) is 0 Å². The minimum atomic E-state index is -0.219. The standard InChI is InChI=1S/C23H22FN5/c1-2-18-19(13-10-16-5-4-14-25-22(16)18)26-23-28-27-21-7-3-6-20(29(21)23)15-8-11-17(24)12-9-15/h4-5,8-14,20H,2-3,6-7H2,1H3,(H,26,28). The second-order valence-electron chi connectivity index (χ2n) is 7.41. The van der Waals surface area contributed by atoms with Gasteiger partial charge in [-0.1, -0.05) is 31.2 Å². The average molecular weight is 387 g/mol. The Balaban J connectivity index is 1.57. The van der Waals surface area contributed by atoms with Gasteiger partial charge in [0.1, 0.15) is 11.6 Å². The number of hydrogen-bond donors (Lipinski definition) is 1. The van der Waals surface area contributed by atoms with Crippen molar-refractivity contribution in [1.29, 1.82) is 0 Å². The average Bonchev–Trinajstić information content (AvgIpc) is 3.17. The number of hydrogen-bond acceptors (Lipinski definition) is 4. The molecule has 0 aliphatic carbocycles. The Bertz CT molecular complexity index is 1170. The predicted molar refractivity (Wildman–Crippen MR) is 112 cm³/mol. The number of nitrogens with zero attached hydrogens (tertiary/aromatic N) is 4. The molecule has 5 rings (SSSR count). The van der Waals surface area contributed by atoms with Crippen LogP contribution in [0.1, 0.15) is 42.8 Å². The largest absolute Gasteiger partial charge is 0.324 e. The summed E-state index contributed by atoms with van der Waals surface area (Å²) in [4.78, 5) is 4.58. The van der Waals surface area contributed by atoms with E-state index in [1.807, 2.05) is 24.4 Å². The normalized spacial score (nSPS) is 16.0. The summed E-state index contributed by atoms with van der Waals surface area (Å²) < 4.78 is 15.6. The first kappa shape index (κ1) is 17.8. The summed E-state index contributed by atoms with van der Waals surface area (Å²) in [7, 11) is 0. The second kappa shape index (κ2) is 7.28. The van der Waals surface area contributed by atoms with Crippen LogP contribution < -0.4 is 5.32 Å². The molecule has 3 heterocycles. The lowest BCUT2D eigenvalue weighted by molar-refractivity contribution is 0.454. The number of aromatic nitrogens is 4. The number of anilines is 2. The Kier molecular flexibility index (Phi) is 4.46. The molecule has 1 N–H and O–H groups in total. The lowest BCUT2D eigenvalue weighted by atomic mass is 9.97. The van der Waals surface area contributed by atoms with Crippen molar-refractivity contribution in [2.75, 3.05) is 5.32 Å². The van der Waals surface area contributed by atoms with Crippen molar-refractivity contribution in [3.8, 4) is 0 Å². The molecule has 0 amide bonds. The molecule has 29 heavy (non-hydrogen) atoms. The van der Waals surface area contributed by atoms with E-state index in [9.17, 15) is 4.39 Å². The predicted octanol–water partition coefficient (Wildman–Crippen LogP) is 5.20. The third kappa shape index (κ3) is 3.14. The van der Waals surface area contributed by atoms with E-state index in [-0.39, 0.29) is 11.9 Å². The minimum Gasteiger partial charge on any atom is -0.324 e. The van der Waals surface area contributed by atoms with Gasteiger partial charge in [-0.25, -0.2) is 4.39 Å². The molecular formula is C23H22FN5. The van der Waals surface area contributed by atoms with Gasteiger partial charge in [-0.05, 0) is 49.1 Å². The number of rotatable bonds is 4. The lowest BCUT2D eigenvalue weighted by Gasteiger charge is -2.27. The molecule has 0 fully saturated rings. The van der Waals surface area contributed by atoms with Crippen molar-refractivity contribution in [2.45, 2.75) is 38.6 Å². The van der Waals surface area contributed by atoms with Crippen molar-refractivity contribution < 1.29 is 4.39 Å². The van der Waals surface area contributed by atoms with Crippen molar-refractivity contribution in [3.05, 3.63) is 77.5 Å². The first-order valence-corrected chi connectivity index (χ1v) is 10.1. The summed E-state index contributed by atoms with van der Waals surface area (Å²) in [6.07, 6.45) is 5.60. The van der Waals surface area contributed by atoms with Crippen LogP contribution in [0, 0.1) is 5.82 Å². The van der Waals surface area contributed by atoms with Crippen LogP contribution in [0.15, 0.2) is 54.7 Å². The zero-order valence-electron chi connectivity index (χ0n) is 16.3.